The van der Waals surface area contributed by atoms with Crippen molar-refractivity contribution in [3.63, 3.8) is 0 Å². The van der Waals surface area contributed by atoms with Gasteiger partial charge in [-0.2, -0.15) is 0 Å². The largest absolute Gasteiger partial charge is 0.490 e. The van der Waals surface area contributed by atoms with Gasteiger partial charge in [-0.05, 0) is 25.0 Å². The van der Waals surface area contributed by atoms with Crippen molar-refractivity contribution in [3.8, 4) is 5.75 Å². The Hall–Kier alpha value is -2.30. The highest BCUT2D eigenvalue weighted by Crippen LogP contribution is 2.32. The summed E-state index contributed by atoms with van der Waals surface area (Å²) >= 11 is 0. The van der Waals surface area contributed by atoms with Gasteiger partial charge in [-0.15, -0.1) is 0 Å². The molecule has 0 radical (unpaired) electrons. The molecule has 2 aromatic rings. The summed E-state index contributed by atoms with van der Waals surface area (Å²) in [6, 6.07) is 8.35. The molecule has 0 aliphatic heterocycles. The molecule has 0 atom stereocenters. The average molecular weight is 286 g/mol. The van der Waals surface area contributed by atoms with Gasteiger partial charge in [0.25, 0.3) is 0 Å². The lowest BCUT2D eigenvalue weighted by atomic mass is 10.1. The number of hydrogen-bond acceptors (Lipinski definition) is 5. The fraction of sp³-hybridized carbons (Fsp3) is 0.375. The Morgan fingerprint density at radius 1 is 1.24 bits per heavy atom. The third-order valence-electron chi connectivity index (χ3n) is 3.36. The van der Waals surface area contributed by atoms with Crippen molar-refractivity contribution in [2.24, 2.45) is 0 Å². The van der Waals surface area contributed by atoms with Crippen LogP contribution in [0.5, 0.6) is 5.75 Å². The van der Waals surface area contributed by atoms with Gasteiger partial charge in [0.05, 0.1) is 7.11 Å². The molecule has 2 rings (SSSR count). The van der Waals surface area contributed by atoms with Crippen LogP contribution >= 0.6 is 0 Å². The van der Waals surface area contributed by atoms with Crippen LogP contribution in [-0.4, -0.2) is 30.7 Å². The predicted octanol–water partition coefficient (Wildman–Crippen LogP) is 2.86. The number of nitrogens with one attached hydrogen (secondary N) is 1. The summed E-state index contributed by atoms with van der Waals surface area (Å²) in [6.45, 7) is 5.70. The van der Waals surface area contributed by atoms with E-state index in [2.05, 4.69) is 45.3 Å². The molecule has 0 unspecified atom stereocenters. The minimum absolute atomic E-state index is 0.676. The van der Waals surface area contributed by atoms with Gasteiger partial charge in [-0.3, -0.25) is 0 Å². The third kappa shape index (κ3) is 3.42. The average Bonchev–Trinajstić information content (AvgIpc) is 2.49. The number of hydrogen-bond donors (Lipinski definition) is 1. The van der Waals surface area contributed by atoms with Crippen LogP contribution < -0.4 is 15.0 Å². The van der Waals surface area contributed by atoms with E-state index in [9.17, 15) is 0 Å². The molecular formula is C16H22N4O. The van der Waals surface area contributed by atoms with Crippen LogP contribution in [0.15, 0.2) is 30.6 Å². The monoisotopic (exact) mass is 286 g/mol. The van der Waals surface area contributed by atoms with E-state index < -0.39 is 0 Å². The van der Waals surface area contributed by atoms with E-state index in [-0.39, 0.29) is 0 Å². The SMILES string of the molecule is CCNc1ncnc(N(C)Cc2ccccc2C)c1OC. The van der Waals surface area contributed by atoms with Crippen LogP contribution in [0.2, 0.25) is 0 Å². The van der Waals surface area contributed by atoms with E-state index in [1.807, 2.05) is 20.0 Å². The summed E-state index contributed by atoms with van der Waals surface area (Å²) in [6.07, 6.45) is 1.56. The number of nitrogens with zero attached hydrogens (tertiary/aromatic N) is 3. The van der Waals surface area contributed by atoms with Crippen molar-refractivity contribution in [2.45, 2.75) is 20.4 Å². The van der Waals surface area contributed by atoms with Crippen LogP contribution in [0.3, 0.4) is 0 Å². The van der Waals surface area contributed by atoms with Gasteiger partial charge in [-0.25, -0.2) is 9.97 Å². The summed E-state index contributed by atoms with van der Waals surface area (Å²) in [7, 11) is 3.65. The molecule has 0 aliphatic rings. The molecule has 5 nitrogen and oxygen atoms in total. The molecular weight excluding hydrogens is 264 g/mol. The molecule has 0 fully saturated rings. The first-order valence-corrected chi connectivity index (χ1v) is 7.05. The van der Waals surface area contributed by atoms with Gasteiger partial charge in [0.2, 0.25) is 5.75 Å². The number of methoxy groups -OCH3 is 1. The van der Waals surface area contributed by atoms with Gasteiger partial charge in [0.1, 0.15) is 6.33 Å². The Balaban J connectivity index is 2.28. The highest BCUT2D eigenvalue weighted by molar-refractivity contribution is 5.64. The number of aryl methyl sites for hydroxylation is 1. The number of benzene rings is 1. The van der Waals surface area contributed by atoms with Crippen LogP contribution in [0.4, 0.5) is 11.6 Å². The van der Waals surface area contributed by atoms with Crippen LogP contribution in [-0.2, 0) is 6.54 Å². The molecule has 0 aliphatic carbocycles. The van der Waals surface area contributed by atoms with Gasteiger partial charge in [0, 0.05) is 20.1 Å². The molecule has 1 heterocycles. The van der Waals surface area contributed by atoms with Gasteiger partial charge >= 0.3 is 0 Å². The summed E-state index contributed by atoms with van der Waals surface area (Å²) in [5.74, 6) is 2.18. The minimum atomic E-state index is 0.676. The van der Waals surface area contributed by atoms with E-state index in [4.69, 9.17) is 4.74 Å². The van der Waals surface area contributed by atoms with Gasteiger partial charge in [-0.1, -0.05) is 24.3 Å². The second kappa shape index (κ2) is 6.92. The van der Waals surface area contributed by atoms with Gasteiger partial charge in [0.15, 0.2) is 11.6 Å². The maximum absolute atomic E-state index is 5.49. The lowest BCUT2D eigenvalue weighted by molar-refractivity contribution is 0.412. The summed E-state index contributed by atoms with van der Waals surface area (Å²) in [4.78, 5) is 10.7. The van der Waals surface area contributed by atoms with Crippen LogP contribution in [0.25, 0.3) is 0 Å². The molecule has 112 valence electrons. The summed E-state index contributed by atoms with van der Waals surface area (Å²) < 4.78 is 5.49. The number of aromatic nitrogens is 2. The number of rotatable bonds is 6. The molecule has 0 saturated heterocycles. The Morgan fingerprint density at radius 2 is 2.00 bits per heavy atom. The first-order chi connectivity index (χ1) is 10.2. The lowest BCUT2D eigenvalue weighted by Gasteiger charge is -2.22. The molecule has 1 aromatic carbocycles. The summed E-state index contributed by atoms with van der Waals surface area (Å²) in [5, 5.41) is 3.19. The third-order valence-corrected chi connectivity index (χ3v) is 3.36. The molecule has 0 saturated carbocycles. The van der Waals surface area contributed by atoms with Crippen molar-refractivity contribution >= 4 is 11.6 Å². The van der Waals surface area contributed by atoms with Crippen molar-refractivity contribution in [3.05, 3.63) is 41.7 Å². The Kier molecular flexibility index (Phi) is 4.98. The molecule has 0 spiro atoms. The maximum Gasteiger partial charge on any atom is 0.204 e. The zero-order valence-corrected chi connectivity index (χ0v) is 13.1. The van der Waals surface area contributed by atoms with Crippen molar-refractivity contribution in [1.29, 1.82) is 0 Å². The molecule has 0 amide bonds. The minimum Gasteiger partial charge on any atom is -0.490 e. The highest BCUT2D eigenvalue weighted by atomic mass is 16.5. The van der Waals surface area contributed by atoms with Crippen LogP contribution in [0.1, 0.15) is 18.1 Å². The fourth-order valence-corrected chi connectivity index (χ4v) is 2.24. The quantitative estimate of drug-likeness (QED) is 0.885. The first kappa shape index (κ1) is 15.1. The van der Waals surface area contributed by atoms with Crippen molar-refractivity contribution < 1.29 is 4.74 Å². The second-order valence-electron chi connectivity index (χ2n) is 4.89. The Labute approximate surface area is 126 Å². The lowest BCUT2D eigenvalue weighted by Crippen LogP contribution is -2.20. The molecule has 1 N–H and O–H groups in total. The van der Waals surface area contributed by atoms with E-state index in [1.165, 1.54) is 11.1 Å². The second-order valence-corrected chi connectivity index (χ2v) is 4.89. The van der Waals surface area contributed by atoms with Gasteiger partial charge < -0.3 is 15.0 Å². The van der Waals surface area contributed by atoms with E-state index >= 15 is 0 Å². The molecule has 5 heteroatoms. The van der Waals surface area contributed by atoms with E-state index in [1.54, 1.807) is 13.4 Å². The van der Waals surface area contributed by atoms with Crippen molar-refractivity contribution in [1.82, 2.24) is 9.97 Å². The first-order valence-electron chi connectivity index (χ1n) is 7.05. The molecule has 0 bridgehead atoms. The summed E-state index contributed by atoms with van der Waals surface area (Å²) in [5.41, 5.74) is 2.54. The highest BCUT2D eigenvalue weighted by Gasteiger charge is 2.15. The molecule has 21 heavy (non-hydrogen) atoms. The van der Waals surface area contributed by atoms with Crippen LogP contribution in [0, 0.1) is 6.92 Å². The maximum atomic E-state index is 5.49. The predicted molar refractivity (Wildman–Crippen MR) is 86.0 cm³/mol. The fourth-order valence-electron chi connectivity index (χ4n) is 2.24. The Bertz CT molecular complexity index is 601. The van der Waals surface area contributed by atoms with E-state index in [0.717, 1.165) is 24.7 Å². The van der Waals surface area contributed by atoms with E-state index in [0.29, 0.717) is 5.75 Å². The zero-order valence-electron chi connectivity index (χ0n) is 13.1. The normalized spacial score (nSPS) is 10.3. The molecule has 1 aromatic heterocycles. The Morgan fingerprint density at radius 3 is 2.67 bits per heavy atom. The number of ether oxygens (including phenoxy) is 1. The topological polar surface area (TPSA) is 50.3 Å². The van der Waals surface area contributed by atoms with Crippen molar-refractivity contribution in [2.75, 3.05) is 30.9 Å². The number of anilines is 2. The standard InChI is InChI=1S/C16H22N4O/c1-5-17-15-14(21-4)16(19-11-18-15)20(3)10-13-9-7-6-8-12(13)2/h6-9,11H,5,10H2,1-4H3,(H,17,18,19). The zero-order chi connectivity index (χ0) is 15.2. The smallest absolute Gasteiger partial charge is 0.204 e.